The second kappa shape index (κ2) is 6.32. The minimum absolute atomic E-state index is 0.406. The van der Waals surface area contributed by atoms with Gasteiger partial charge in [-0.25, -0.2) is 9.97 Å². The topological polar surface area (TPSA) is 49.8 Å². The Morgan fingerprint density at radius 1 is 1.23 bits per heavy atom. The van der Waals surface area contributed by atoms with Crippen molar-refractivity contribution in [2.45, 2.75) is 26.2 Å². The third kappa shape index (κ3) is 2.89. The number of rotatable bonds is 5. The SMILES string of the molecule is Cc1nc(NCC2(C3CC3)CCNC2)c2cc(-c3ccccc3)sc2n1. The molecule has 1 saturated heterocycles. The van der Waals surface area contributed by atoms with Crippen molar-refractivity contribution in [1.82, 2.24) is 15.3 Å². The number of nitrogens with one attached hydrogen (secondary N) is 2. The minimum atomic E-state index is 0.406. The first-order chi connectivity index (χ1) is 12.7. The number of fused-ring (bicyclic) bond motifs is 1. The minimum Gasteiger partial charge on any atom is -0.369 e. The number of nitrogens with zero attached hydrogens (tertiary/aromatic N) is 2. The van der Waals surface area contributed by atoms with Gasteiger partial charge in [0, 0.05) is 23.4 Å². The molecule has 1 unspecified atom stereocenters. The molecule has 4 nitrogen and oxygen atoms in total. The zero-order valence-corrected chi connectivity index (χ0v) is 15.9. The Kier molecular flexibility index (Phi) is 3.94. The van der Waals surface area contributed by atoms with Gasteiger partial charge in [-0.2, -0.15) is 0 Å². The van der Waals surface area contributed by atoms with Crippen molar-refractivity contribution in [3.8, 4) is 10.4 Å². The highest BCUT2D eigenvalue weighted by atomic mass is 32.1. The standard InChI is InChI=1S/C21H24N4S/c1-14-24-19(23-13-21(16-7-8-16)9-10-22-12-21)17-11-18(26-20(17)25-14)15-5-3-2-4-6-15/h2-6,11,16,22H,7-10,12-13H2,1H3,(H,23,24,25). The lowest BCUT2D eigenvalue weighted by Gasteiger charge is -2.29. The molecule has 0 radical (unpaired) electrons. The molecule has 26 heavy (non-hydrogen) atoms. The van der Waals surface area contributed by atoms with Crippen LogP contribution in [0.5, 0.6) is 0 Å². The van der Waals surface area contributed by atoms with Gasteiger partial charge in [0.05, 0.1) is 5.39 Å². The van der Waals surface area contributed by atoms with Crippen LogP contribution in [0.25, 0.3) is 20.7 Å². The fourth-order valence-electron chi connectivity index (χ4n) is 4.27. The second-order valence-corrected chi connectivity index (χ2v) is 8.76. The highest BCUT2D eigenvalue weighted by molar-refractivity contribution is 7.21. The molecule has 0 bridgehead atoms. The van der Waals surface area contributed by atoms with E-state index in [0.717, 1.165) is 47.4 Å². The molecule has 3 heterocycles. The maximum Gasteiger partial charge on any atom is 0.138 e. The number of aryl methyl sites for hydroxylation is 1. The Hall–Kier alpha value is -1.98. The van der Waals surface area contributed by atoms with E-state index in [2.05, 4.69) is 52.0 Å². The molecule has 0 amide bonds. The number of aromatic nitrogens is 2. The molecule has 1 saturated carbocycles. The van der Waals surface area contributed by atoms with Crippen LogP contribution in [0.1, 0.15) is 25.1 Å². The van der Waals surface area contributed by atoms with Crippen molar-refractivity contribution >= 4 is 27.4 Å². The molecule has 5 heteroatoms. The van der Waals surface area contributed by atoms with E-state index >= 15 is 0 Å². The maximum atomic E-state index is 4.74. The van der Waals surface area contributed by atoms with E-state index in [0.29, 0.717) is 5.41 Å². The van der Waals surface area contributed by atoms with Gasteiger partial charge in [-0.15, -0.1) is 11.3 Å². The lowest BCUT2D eigenvalue weighted by atomic mass is 9.81. The lowest BCUT2D eigenvalue weighted by Crippen LogP contribution is -2.34. The zero-order chi connectivity index (χ0) is 17.6. The summed E-state index contributed by atoms with van der Waals surface area (Å²) in [6.07, 6.45) is 4.05. The van der Waals surface area contributed by atoms with Crippen molar-refractivity contribution in [3.63, 3.8) is 0 Å². The van der Waals surface area contributed by atoms with E-state index < -0.39 is 0 Å². The predicted octanol–water partition coefficient (Wildman–Crippen LogP) is 4.47. The van der Waals surface area contributed by atoms with E-state index in [1.165, 1.54) is 29.7 Å². The second-order valence-electron chi connectivity index (χ2n) is 7.73. The van der Waals surface area contributed by atoms with Gasteiger partial charge in [0.1, 0.15) is 16.5 Å². The largest absolute Gasteiger partial charge is 0.369 e. The fourth-order valence-corrected chi connectivity index (χ4v) is 5.35. The zero-order valence-electron chi connectivity index (χ0n) is 15.1. The molecule has 1 atom stereocenters. The first-order valence-corrected chi connectivity index (χ1v) is 10.3. The maximum absolute atomic E-state index is 4.74. The number of hydrogen-bond acceptors (Lipinski definition) is 5. The Bertz CT molecular complexity index is 924. The molecular weight excluding hydrogens is 340 g/mol. The molecule has 2 N–H and O–H groups in total. The first kappa shape index (κ1) is 16.2. The summed E-state index contributed by atoms with van der Waals surface area (Å²) >= 11 is 1.75. The average molecular weight is 365 g/mol. The molecule has 2 aliphatic rings. The predicted molar refractivity (Wildman–Crippen MR) is 109 cm³/mol. The van der Waals surface area contributed by atoms with Crippen LogP contribution < -0.4 is 10.6 Å². The van der Waals surface area contributed by atoms with Crippen LogP contribution in [-0.2, 0) is 0 Å². The van der Waals surface area contributed by atoms with Gasteiger partial charge in [0.15, 0.2) is 0 Å². The number of anilines is 1. The summed E-state index contributed by atoms with van der Waals surface area (Å²) in [5.41, 5.74) is 1.65. The van der Waals surface area contributed by atoms with E-state index in [1.54, 1.807) is 11.3 Å². The van der Waals surface area contributed by atoms with Crippen molar-refractivity contribution in [2.75, 3.05) is 25.0 Å². The average Bonchev–Trinajstić information content (AvgIpc) is 3.26. The van der Waals surface area contributed by atoms with Gasteiger partial charge >= 0.3 is 0 Å². The molecule has 2 fully saturated rings. The van der Waals surface area contributed by atoms with Gasteiger partial charge in [-0.05, 0) is 50.3 Å². The van der Waals surface area contributed by atoms with Crippen molar-refractivity contribution in [3.05, 3.63) is 42.2 Å². The molecule has 2 aromatic heterocycles. The molecule has 134 valence electrons. The van der Waals surface area contributed by atoms with Gasteiger partial charge in [-0.1, -0.05) is 30.3 Å². The van der Waals surface area contributed by atoms with Gasteiger partial charge < -0.3 is 10.6 Å². The van der Waals surface area contributed by atoms with Gasteiger partial charge in [-0.3, -0.25) is 0 Å². The van der Waals surface area contributed by atoms with Gasteiger partial charge in [0.2, 0.25) is 0 Å². The van der Waals surface area contributed by atoms with Crippen LogP contribution in [-0.4, -0.2) is 29.6 Å². The summed E-state index contributed by atoms with van der Waals surface area (Å²) in [7, 11) is 0. The summed E-state index contributed by atoms with van der Waals surface area (Å²) in [6, 6.07) is 12.8. The Morgan fingerprint density at radius 3 is 2.81 bits per heavy atom. The Morgan fingerprint density at radius 2 is 2.08 bits per heavy atom. The van der Waals surface area contributed by atoms with Crippen LogP contribution >= 0.6 is 11.3 Å². The molecule has 5 rings (SSSR count). The molecular formula is C21H24N4S. The third-order valence-corrected chi connectivity index (χ3v) is 6.97. The molecule has 1 aliphatic heterocycles. The van der Waals surface area contributed by atoms with E-state index in [4.69, 9.17) is 4.98 Å². The number of benzene rings is 1. The number of hydrogen-bond donors (Lipinski definition) is 2. The number of thiophene rings is 1. The van der Waals surface area contributed by atoms with Crippen LogP contribution in [0.4, 0.5) is 5.82 Å². The molecule has 3 aromatic rings. The highest BCUT2D eigenvalue weighted by Crippen LogP contribution is 2.49. The molecule has 1 aliphatic carbocycles. The monoisotopic (exact) mass is 364 g/mol. The Balaban J connectivity index is 1.48. The summed E-state index contributed by atoms with van der Waals surface area (Å²) in [4.78, 5) is 11.8. The van der Waals surface area contributed by atoms with E-state index in [9.17, 15) is 0 Å². The van der Waals surface area contributed by atoms with Crippen molar-refractivity contribution in [2.24, 2.45) is 11.3 Å². The molecule has 0 spiro atoms. The van der Waals surface area contributed by atoms with E-state index in [1.807, 2.05) is 6.92 Å². The summed E-state index contributed by atoms with van der Waals surface area (Å²) in [5, 5.41) is 8.44. The Labute approximate surface area is 158 Å². The summed E-state index contributed by atoms with van der Waals surface area (Å²) < 4.78 is 0. The quantitative estimate of drug-likeness (QED) is 0.701. The smallest absolute Gasteiger partial charge is 0.138 e. The van der Waals surface area contributed by atoms with Gasteiger partial charge in [0.25, 0.3) is 0 Å². The van der Waals surface area contributed by atoms with Crippen LogP contribution in [0.15, 0.2) is 36.4 Å². The van der Waals surface area contributed by atoms with Crippen LogP contribution in [0.3, 0.4) is 0 Å². The van der Waals surface area contributed by atoms with Crippen molar-refractivity contribution < 1.29 is 0 Å². The normalized spacial score (nSPS) is 22.8. The summed E-state index contributed by atoms with van der Waals surface area (Å²) in [5.74, 6) is 2.72. The van der Waals surface area contributed by atoms with Crippen molar-refractivity contribution in [1.29, 1.82) is 0 Å². The fraction of sp³-hybridized carbons (Fsp3) is 0.429. The summed E-state index contributed by atoms with van der Waals surface area (Å²) in [6.45, 7) is 5.27. The lowest BCUT2D eigenvalue weighted by molar-refractivity contribution is 0.293. The third-order valence-electron chi connectivity index (χ3n) is 5.89. The van der Waals surface area contributed by atoms with E-state index in [-0.39, 0.29) is 0 Å². The highest BCUT2D eigenvalue weighted by Gasteiger charge is 2.46. The van der Waals surface area contributed by atoms with Crippen LogP contribution in [0, 0.1) is 18.3 Å². The van der Waals surface area contributed by atoms with Crippen LogP contribution in [0.2, 0.25) is 0 Å². The first-order valence-electron chi connectivity index (χ1n) is 9.52. The molecule has 1 aromatic carbocycles.